The Kier molecular flexibility index (Phi) is 3.44. The Hall–Kier alpha value is -1.88. The fraction of sp³-hybridized carbons (Fsp3) is 0.467. The number of rotatable bonds is 2. The molecular weight excluding hydrogens is 252 g/mol. The highest BCUT2D eigenvalue weighted by molar-refractivity contribution is 5.81. The standard InChI is InChI=1S/C15H20N4O/c1-11-17-13-4-2-3-5-14(13)19(11)10-15(20)18-8-6-12(16)7-9-18/h2-5,12H,6-10,16H2,1H3. The summed E-state index contributed by atoms with van der Waals surface area (Å²) in [6.07, 6.45) is 1.80. The van der Waals surface area contributed by atoms with E-state index in [1.54, 1.807) is 0 Å². The minimum Gasteiger partial charge on any atom is -0.341 e. The van der Waals surface area contributed by atoms with E-state index in [0.29, 0.717) is 6.54 Å². The normalized spacial score (nSPS) is 16.8. The third-order valence-corrected chi connectivity index (χ3v) is 4.03. The van der Waals surface area contributed by atoms with Gasteiger partial charge in [0.2, 0.25) is 5.91 Å². The van der Waals surface area contributed by atoms with Crippen molar-refractivity contribution in [2.45, 2.75) is 32.4 Å². The summed E-state index contributed by atoms with van der Waals surface area (Å²) in [5.41, 5.74) is 7.84. The number of piperidine rings is 1. The van der Waals surface area contributed by atoms with Crippen LogP contribution in [-0.2, 0) is 11.3 Å². The Labute approximate surface area is 118 Å². The van der Waals surface area contributed by atoms with Gasteiger partial charge in [-0.15, -0.1) is 0 Å². The van der Waals surface area contributed by atoms with Crippen molar-refractivity contribution in [2.75, 3.05) is 13.1 Å². The Morgan fingerprint density at radius 2 is 2.05 bits per heavy atom. The summed E-state index contributed by atoms with van der Waals surface area (Å²) in [6.45, 7) is 3.85. The van der Waals surface area contributed by atoms with Gasteiger partial charge in [0, 0.05) is 19.1 Å². The van der Waals surface area contributed by atoms with Gasteiger partial charge in [-0.05, 0) is 31.9 Å². The molecule has 20 heavy (non-hydrogen) atoms. The average Bonchev–Trinajstić information content (AvgIpc) is 2.76. The van der Waals surface area contributed by atoms with E-state index in [4.69, 9.17) is 5.73 Å². The number of carbonyl (C=O) groups excluding carboxylic acids is 1. The Balaban J connectivity index is 1.79. The number of nitrogens with two attached hydrogens (primary N) is 1. The first-order valence-corrected chi connectivity index (χ1v) is 7.10. The molecule has 1 saturated heterocycles. The molecular formula is C15H20N4O. The van der Waals surface area contributed by atoms with Gasteiger partial charge in [0.25, 0.3) is 0 Å². The van der Waals surface area contributed by atoms with Crippen LogP contribution in [0, 0.1) is 6.92 Å². The van der Waals surface area contributed by atoms with Crippen molar-refractivity contribution in [1.29, 1.82) is 0 Å². The van der Waals surface area contributed by atoms with E-state index >= 15 is 0 Å². The third kappa shape index (κ3) is 2.41. The van der Waals surface area contributed by atoms with Crippen molar-refractivity contribution in [3.05, 3.63) is 30.1 Å². The van der Waals surface area contributed by atoms with Crippen LogP contribution in [-0.4, -0.2) is 39.5 Å². The fourth-order valence-corrected chi connectivity index (χ4v) is 2.78. The number of hydrogen-bond donors (Lipinski definition) is 1. The summed E-state index contributed by atoms with van der Waals surface area (Å²) >= 11 is 0. The molecule has 1 amide bonds. The monoisotopic (exact) mass is 272 g/mol. The van der Waals surface area contributed by atoms with Crippen LogP contribution in [0.25, 0.3) is 11.0 Å². The van der Waals surface area contributed by atoms with E-state index in [0.717, 1.165) is 42.8 Å². The summed E-state index contributed by atoms with van der Waals surface area (Å²) in [5.74, 6) is 1.04. The van der Waals surface area contributed by atoms with Gasteiger partial charge in [0.15, 0.2) is 0 Å². The number of hydrogen-bond acceptors (Lipinski definition) is 3. The number of imidazole rings is 1. The first-order chi connectivity index (χ1) is 9.65. The lowest BCUT2D eigenvalue weighted by molar-refractivity contribution is -0.132. The first kappa shape index (κ1) is 13.1. The van der Waals surface area contributed by atoms with Gasteiger partial charge < -0.3 is 15.2 Å². The lowest BCUT2D eigenvalue weighted by Crippen LogP contribution is -2.44. The maximum Gasteiger partial charge on any atom is 0.242 e. The number of aryl methyl sites for hydroxylation is 1. The highest BCUT2D eigenvalue weighted by atomic mass is 16.2. The van der Waals surface area contributed by atoms with E-state index in [2.05, 4.69) is 4.98 Å². The largest absolute Gasteiger partial charge is 0.341 e. The maximum absolute atomic E-state index is 12.4. The minimum absolute atomic E-state index is 0.156. The average molecular weight is 272 g/mol. The molecule has 1 aliphatic heterocycles. The number of benzene rings is 1. The van der Waals surface area contributed by atoms with Gasteiger partial charge in [-0.1, -0.05) is 12.1 Å². The van der Waals surface area contributed by atoms with Gasteiger partial charge in [0.05, 0.1) is 11.0 Å². The molecule has 0 radical (unpaired) electrons. The second-order valence-electron chi connectivity index (χ2n) is 5.45. The van der Waals surface area contributed by atoms with Crippen LogP contribution in [0.3, 0.4) is 0 Å². The van der Waals surface area contributed by atoms with Gasteiger partial charge in [-0.3, -0.25) is 4.79 Å². The number of carbonyl (C=O) groups is 1. The van der Waals surface area contributed by atoms with E-state index in [1.807, 2.05) is 40.7 Å². The molecule has 3 rings (SSSR count). The molecule has 5 heteroatoms. The van der Waals surface area contributed by atoms with Gasteiger partial charge in [-0.25, -0.2) is 4.98 Å². The molecule has 0 atom stereocenters. The summed E-state index contributed by atoms with van der Waals surface area (Å²) < 4.78 is 1.99. The van der Waals surface area contributed by atoms with Crippen molar-refractivity contribution in [2.24, 2.45) is 5.73 Å². The minimum atomic E-state index is 0.156. The van der Waals surface area contributed by atoms with Crippen LogP contribution in [0.4, 0.5) is 0 Å². The SMILES string of the molecule is Cc1nc2ccccc2n1CC(=O)N1CCC(N)CC1. The fourth-order valence-electron chi connectivity index (χ4n) is 2.78. The molecule has 0 saturated carbocycles. The molecule has 2 N–H and O–H groups in total. The highest BCUT2D eigenvalue weighted by Gasteiger charge is 2.21. The molecule has 2 aromatic rings. The predicted molar refractivity (Wildman–Crippen MR) is 78.3 cm³/mol. The van der Waals surface area contributed by atoms with Crippen LogP contribution < -0.4 is 5.73 Å². The lowest BCUT2D eigenvalue weighted by atomic mass is 10.1. The van der Waals surface area contributed by atoms with Crippen LogP contribution in [0.15, 0.2) is 24.3 Å². The summed E-state index contributed by atoms with van der Waals surface area (Å²) in [7, 11) is 0. The number of nitrogens with zero attached hydrogens (tertiary/aromatic N) is 3. The van der Waals surface area contributed by atoms with Gasteiger partial charge in [-0.2, -0.15) is 0 Å². The molecule has 1 fully saturated rings. The summed E-state index contributed by atoms with van der Waals surface area (Å²) in [5, 5.41) is 0. The van der Waals surface area contributed by atoms with Crippen LogP contribution in [0.2, 0.25) is 0 Å². The van der Waals surface area contributed by atoms with Crippen molar-refractivity contribution >= 4 is 16.9 Å². The van der Waals surface area contributed by atoms with Crippen LogP contribution in [0.1, 0.15) is 18.7 Å². The number of likely N-dealkylation sites (tertiary alicyclic amines) is 1. The molecule has 0 aliphatic carbocycles. The van der Waals surface area contributed by atoms with E-state index in [9.17, 15) is 4.79 Å². The molecule has 5 nitrogen and oxygen atoms in total. The smallest absolute Gasteiger partial charge is 0.242 e. The molecule has 0 unspecified atom stereocenters. The molecule has 2 heterocycles. The van der Waals surface area contributed by atoms with Crippen LogP contribution >= 0.6 is 0 Å². The number of para-hydroxylation sites is 2. The molecule has 0 spiro atoms. The van der Waals surface area contributed by atoms with Gasteiger partial charge >= 0.3 is 0 Å². The molecule has 0 bridgehead atoms. The molecule has 1 aromatic carbocycles. The zero-order chi connectivity index (χ0) is 14.1. The van der Waals surface area contributed by atoms with Crippen LogP contribution in [0.5, 0.6) is 0 Å². The number of amides is 1. The van der Waals surface area contributed by atoms with Crippen molar-refractivity contribution < 1.29 is 4.79 Å². The Bertz CT molecular complexity index is 626. The highest BCUT2D eigenvalue weighted by Crippen LogP contribution is 2.16. The Morgan fingerprint density at radius 1 is 1.35 bits per heavy atom. The molecule has 1 aromatic heterocycles. The summed E-state index contributed by atoms with van der Waals surface area (Å²) in [4.78, 5) is 18.8. The zero-order valence-electron chi connectivity index (χ0n) is 11.7. The first-order valence-electron chi connectivity index (χ1n) is 7.10. The molecule has 1 aliphatic rings. The number of aromatic nitrogens is 2. The lowest BCUT2D eigenvalue weighted by Gasteiger charge is -2.30. The second-order valence-corrected chi connectivity index (χ2v) is 5.45. The topological polar surface area (TPSA) is 64.2 Å². The van der Waals surface area contributed by atoms with E-state index < -0.39 is 0 Å². The van der Waals surface area contributed by atoms with E-state index in [1.165, 1.54) is 0 Å². The van der Waals surface area contributed by atoms with Crippen molar-refractivity contribution in [1.82, 2.24) is 14.5 Å². The summed E-state index contributed by atoms with van der Waals surface area (Å²) in [6, 6.07) is 8.17. The second kappa shape index (κ2) is 5.25. The Morgan fingerprint density at radius 3 is 2.80 bits per heavy atom. The van der Waals surface area contributed by atoms with Gasteiger partial charge in [0.1, 0.15) is 12.4 Å². The third-order valence-electron chi connectivity index (χ3n) is 4.03. The predicted octanol–water partition coefficient (Wildman–Crippen LogP) is 1.29. The number of fused-ring (bicyclic) bond motifs is 1. The van der Waals surface area contributed by atoms with E-state index in [-0.39, 0.29) is 11.9 Å². The zero-order valence-corrected chi connectivity index (χ0v) is 11.7. The quantitative estimate of drug-likeness (QED) is 0.896. The molecule has 106 valence electrons. The maximum atomic E-state index is 12.4. The van der Waals surface area contributed by atoms with Crippen molar-refractivity contribution in [3.63, 3.8) is 0 Å². The van der Waals surface area contributed by atoms with Crippen molar-refractivity contribution in [3.8, 4) is 0 Å².